The molecule has 11 heteroatoms. The summed E-state index contributed by atoms with van der Waals surface area (Å²) in [5.74, 6) is -2.03. The summed E-state index contributed by atoms with van der Waals surface area (Å²) < 4.78 is 20.5. The smallest absolute Gasteiger partial charge is 0.431 e. The third-order valence-corrected chi connectivity index (χ3v) is 2.92. The van der Waals surface area contributed by atoms with Crippen LogP contribution in [0.3, 0.4) is 0 Å². The number of hydroxylamine groups is 1. The molecule has 0 fully saturated rings. The predicted octanol–water partition coefficient (Wildman–Crippen LogP) is 0.587. The van der Waals surface area contributed by atoms with E-state index in [1.165, 1.54) is 6.92 Å². The molecule has 0 saturated heterocycles. The van der Waals surface area contributed by atoms with Crippen molar-refractivity contribution in [3.05, 3.63) is 0 Å². The highest BCUT2D eigenvalue weighted by Gasteiger charge is 2.37. The van der Waals surface area contributed by atoms with Gasteiger partial charge in [-0.25, -0.2) is 4.79 Å². The van der Waals surface area contributed by atoms with Crippen LogP contribution in [0.2, 0.25) is 0 Å². The van der Waals surface area contributed by atoms with E-state index in [9.17, 15) is 19.2 Å². The van der Waals surface area contributed by atoms with Gasteiger partial charge in [0.05, 0.1) is 0 Å². The van der Waals surface area contributed by atoms with Crippen LogP contribution in [0.4, 0.5) is 4.79 Å². The molecule has 0 radical (unpaired) electrons. The summed E-state index contributed by atoms with van der Waals surface area (Å²) in [4.78, 5) is 51.1. The summed E-state index contributed by atoms with van der Waals surface area (Å²) in [6.07, 6.45) is -4.10. The van der Waals surface area contributed by atoms with Crippen LogP contribution in [-0.2, 0) is 38.2 Å². The summed E-state index contributed by atoms with van der Waals surface area (Å²) in [5.41, 5.74) is 6.82. The van der Waals surface area contributed by atoms with Gasteiger partial charge >= 0.3 is 24.0 Å². The van der Waals surface area contributed by atoms with E-state index in [1.807, 2.05) is 5.48 Å². The lowest BCUT2D eigenvalue weighted by molar-refractivity contribution is -0.190. The maximum Gasteiger partial charge on any atom is 0.431 e. The first-order valence-electron chi connectivity index (χ1n) is 8.68. The molecular weight excluding hydrogens is 376 g/mol. The SMILES string of the molecule is CC(=O)OC(CCN)C(OC(C)=O)C(CONC(=O)OC(C)(C)C)OC(C)=O. The molecule has 0 heterocycles. The van der Waals surface area contributed by atoms with Crippen LogP contribution in [0.1, 0.15) is 48.0 Å². The fourth-order valence-electron chi connectivity index (χ4n) is 2.14. The summed E-state index contributed by atoms with van der Waals surface area (Å²) in [6.45, 7) is 8.17. The van der Waals surface area contributed by atoms with Gasteiger partial charge in [0.2, 0.25) is 0 Å². The van der Waals surface area contributed by atoms with Gasteiger partial charge in [0.25, 0.3) is 0 Å². The van der Waals surface area contributed by atoms with E-state index in [1.54, 1.807) is 20.8 Å². The minimum atomic E-state index is -1.20. The third-order valence-electron chi connectivity index (χ3n) is 2.92. The molecule has 28 heavy (non-hydrogen) atoms. The highest BCUT2D eigenvalue weighted by atomic mass is 16.7. The Morgan fingerprint density at radius 2 is 1.39 bits per heavy atom. The number of nitrogens with two attached hydrogens (primary N) is 1. The maximum atomic E-state index is 11.7. The minimum Gasteiger partial charge on any atom is -0.458 e. The first kappa shape index (κ1) is 25.6. The molecule has 0 aromatic heterocycles. The van der Waals surface area contributed by atoms with Crippen molar-refractivity contribution in [2.45, 2.75) is 71.9 Å². The Labute approximate surface area is 164 Å². The second kappa shape index (κ2) is 12.1. The molecule has 0 aliphatic carbocycles. The van der Waals surface area contributed by atoms with Gasteiger partial charge in [0.1, 0.15) is 18.3 Å². The number of nitrogens with one attached hydrogen (secondary N) is 1. The molecular formula is C17H30N2O9. The molecule has 0 saturated carbocycles. The van der Waals surface area contributed by atoms with Gasteiger partial charge in [-0.1, -0.05) is 0 Å². The van der Waals surface area contributed by atoms with E-state index < -0.39 is 54.5 Å². The highest BCUT2D eigenvalue weighted by molar-refractivity contribution is 5.68. The number of rotatable bonds is 10. The fraction of sp³-hybridized carbons (Fsp3) is 0.765. The molecule has 0 spiro atoms. The zero-order valence-electron chi connectivity index (χ0n) is 17.1. The Morgan fingerprint density at radius 3 is 1.82 bits per heavy atom. The first-order chi connectivity index (χ1) is 12.9. The van der Waals surface area contributed by atoms with Crippen LogP contribution in [0, 0.1) is 0 Å². The maximum absolute atomic E-state index is 11.7. The van der Waals surface area contributed by atoms with Gasteiger partial charge in [-0.3, -0.25) is 19.2 Å². The largest absolute Gasteiger partial charge is 0.458 e. The van der Waals surface area contributed by atoms with Crippen LogP contribution in [-0.4, -0.2) is 61.1 Å². The zero-order valence-corrected chi connectivity index (χ0v) is 17.1. The number of carbonyl (C=O) groups is 4. The average Bonchev–Trinajstić information content (AvgIpc) is 2.48. The van der Waals surface area contributed by atoms with Crippen molar-refractivity contribution < 1.29 is 43.0 Å². The van der Waals surface area contributed by atoms with Gasteiger partial charge < -0.3 is 24.7 Å². The van der Waals surface area contributed by atoms with Crippen LogP contribution < -0.4 is 11.2 Å². The predicted molar refractivity (Wildman–Crippen MR) is 95.7 cm³/mol. The fourth-order valence-corrected chi connectivity index (χ4v) is 2.14. The van der Waals surface area contributed by atoms with E-state index in [0.717, 1.165) is 13.8 Å². The zero-order chi connectivity index (χ0) is 21.9. The monoisotopic (exact) mass is 406 g/mol. The van der Waals surface area contributed by atoms with Gasteiger partial charge in [0.15, 0.2) is 12.2 Å². The Bertz CT molecular complexity index is 545. The van der Waals surface area contributed by atoms with Crippen molar-refractivity contribution in [1.82, 2.24) is 5.48 Å². The molecule has 162 valence electrons. The van der Waals surface area contributed by atoms with Crippen molar-refractivity contribution >= 4 is 24.0 Å². The quantitative estimate of drug-likeness (QED) is 0.299. The van der Waals surface area contributed by atoms with Gasteiger partial charge in [-0.05, 0) is 27.3 Å². The van der Waals surface area contributed by atoms with Gasteiger partial charge in [-0.15, -0.1) is 0 Å². The summed E-state index contributed by atoms with van der Waals surface area (Å²) in [7, 11) is 0. The minimum absolute atomic E-state index is 0.111. The van der Waals surface area contributed by atoms with Crippen molar-refractivity contribution in [3.8, 4) is 0 Å². The van der Waals surface area contributed by atoms with Crippen LogP contribution in [0.15, 0.2) is 0 Å². The molecule has 11 nitrogen and oxygen atoms in total. The van der Waals surface area contributed by atoms with Crippen molar-refractivity contribution in [3.63, 3.8) is 0 Å². The van der Waals surface area contributed by atoms with E-state index in [-0.39, 0.29) is 13.0 Å². The lowest BCUT2D eigenvalue weighted by atomic mass is 10.0. The second-order valence-electron chi connectivity index (χ2n) is 6.86. The lowest BCUT2D eigenvalue weighted by Crippen LogP contribution is -2.48. The summed E-state index contributed by atoms with van der Waals surface area (Å²) in [5, 5.41) is 0. The molecule has 3 atom stereocenters. The van der Waals surface area contributed by atoms with Gasteiger partial charge in [-0.2, -0.15) is 5.48 Å². The Hall–Kier alpha value is -2.40. The number of hydrogen-bond donors (Lipinski definition) is 2. The molecule has 0 aromatic carbocycles. The Balaban J connectivity index is 5.30. The lowest BCUT2D eigenvalue weighted by Gasteiger charge is -2.31. The topological polar surface area (TPSA) is 152 Å². The molecule has 0 bridgehead atoms. The number of hydrogen-bond acceptors (Lipinski definition) is 10. The summed E-state index contributed by atoms with van der Waals surface area (Å²) in [6, 6.07) is 0. The molecule has 1 amide bonds. The third kappa shape index (κ3) is 12.1. The molecule has 0 aliphatic heterocycles. The van der Waals surface area contributed by atoms with E-state index in [0.29, 0.717) is 0 Å². The van der Waals surface area contributed by atoms with Crippen molar-refractivity contribution in [2.75, 3.05) is 13.2 Å². The Morgan fingerprint density at radius 1 is 0.893 bits per heavy atom. The number of carbonyl (C=O) groups excluding carboxylic acids is 4. The van der Waals surface area contributed by atoms with Crippen molar-refractivity contribution in [1.29, 1.82) is 0 Å². The van der Waals surface area contributed by atoms with Gasteiger partial charge in [0, 0.05) is 27.2 Å². The second-order valence-corrected chi connectivity index (χ2v) is 6.86. The van der Waals surface area contributed by atoms with Crippen molar-refractivity contribution in [2.24, 2.45) is 5.73 Å². The van der Waals surface area contributed by atoms with Crippen LogP contribution in [0.25, 0.3) is 0 Å². The number of esters is 3. The Kier molecular flexibility index (Phi) is 11.1. The van der Waals surface area contributed by atoms with E-state index in [4.69, 9.17) is 29.5 Å². The number of ether oxygens (including phenoxy) is 4. The summed E-state index contributed by atoms with van der Waals surface area (Å²) >= 11 is 0. The van der Waals surface area contributed by atoms with E-state index in [2.05, 4.69) is 0 Å². The highest BCUT2D eigenvalue weighted by Crippen LogP contribution is 2.17. The van der Waals surface area contributed by atoms with Crippen LogP contribution in [0.5, 0.6) is 0 Å². The molecule has 3 N–H and O–H groups in total. The average molecular weight is 406 g/mol. The molecule has 0 aliphatic rings. The molecule has 3 unspecified atom stereocenters. The normalized spacial score (nSPS) is 14.2. The molecule has 0 rings (SSSR count). The standard InChI is InChI=1S/C17H30N2O9/c1-10(20)25-13(7-8-18)15(27-12(3)22)14(26-11(2)21)9-24-19-16(23)28-17(4,5)6/h13-15H,7-9,18H2,1-6H3,(H,19,23). The van der Waals surface area contributed by atoms with Crippen LogP contribution >= 0.6 is 0 Å². The van der Waals surface area contributed by atoms with E-state index >= 15 is 0 Å². The molecule has 0 aromatic rings. The number of amides is 1. The first-order valence-corrected chi connectivity index (χ1v) is 8.68.